The Hall–Kier alpha value is -1.28. The monoisotopic (exact) mass is 414 g/mol. The van der Waals surface area contributed by atoms with E-state index in [-0.39, 0.29) is 17.2 Å². The number of hydrogen-bond acceptors (Lipinski definition) is 5. The molecule has 1 rings (SSSR count). The van der Waals surface area contributed by atoms with Crippen LogP contribution >= 0.6 is 0 Å². The van der Waals surface area contributed by atoms with Crippen molar-refractivity contribution in [1.82, 2.24) is 4.90 Å². The number of ether oxygens (including phenoxy) is 2. The summed E-state index contributed by atoms with van der Waals surface area (Å²) in [6, 6.07) is -0.312. The Bertz CT molecular complexity index is 604. The lowest BCUT2D eigenvalue weighted by atomic mass is 10.1. The van der Waals surface area contributed by atoms with Crippen LogP contribution in [0.3, 0.4) is 0 Å². The lowest BCUT2D eigenvalue weighted by Gasteiger charge is -2.43. The standard InChI is InChI=1S/C19H38N4O4Si/c1-17(2,3)26-16(24)23-14(13-25-19(23,7)8)15(11-12-21-22-20)27-28(9,10)18(4,5)6/h14-15H,11-13H2,1-10H3/t14-,15+/m1/s1. The van der Waals surface area contributed by atoms with Crippen LogP contribution in [-0.4, -0.2) is 55.9 Å². The molecule has 9 heteroatoms. The molecule has 0 unspecified atom stereocenters. The first-order valence-corrected chi connectivity index (χ1v) is 12.8. The second-order valence-corrected chi connectivity index (χ2v) is 15.1. The van der Waals surface area contributed by atoms with E-state index >= 15 is 0 Å². The zero-order valence-corrected chi connectivity index (χ0v) is 20.2. The van der Waals surface area contributed by atoms with Gasteiger partial charge in [-0.3, -0.25) is 4.90 Å². The van der Waals surface area contributed by atoms with E-state index in [2.05, 4.69) is 43.9 Å². The van der Waals surface area contributed by atoms with Gasteiger partial charge in [-0.1, -0.05) is 25.9 Å². The van der Waals surface area contributed by atoms with Crippen LogP contribution in [0.5, 0.6) is 0 Å². The third-order valence-corrected chi connectivity index (χ3v) is 9.87. The van der Waals surface area contributed by atoms with Crippen LogP contribution in [0, 0.1) is 0 Å². The zero-order valence-electron chi connectivity index (χ0n) is 19.2. The summed E-state index contributed by atoms with van der Waals surface area (Å²) in [7, 11) is -2.12. The van der Waals surface area contributed by atoms with Crippen molar-refractivity contribution in [3.05, 3.63) is 10.4 Å². The fourth-order valence-electron chi connectivity index (χ4n) is 2.89. The van der Waals surface area contributed by atoms with Crippen LogP contribution in [0.15, 0.2) is 5.11 Å². The lowest BCUT2D eigenvalue weighted by Crippen LogP contribution is -2.56. The third kappa shape index (κ3) is 6.37. The molecule has 0 spiro atoms. The van der Waals surface area contributed by atoms with E-state index in [1.165, 1.54) is 0 Å². The van der Waals surface area contributed by atoms with Crippen LogP contribution in [0.2, 0.25) is 18.1 Å². The van der Waals surface area contributed by atoms with Gasteiger partial charge in [0, 0.05) is 11.5 Å². The van der Waals surface area contributed by atoms with Gasteiger partial charge in [0.15, 0.2) is 8.32 Å². The van der Waals surface area contributed by atoms with Gasteiger partial charge in [-0.25, -0.2) is 4.79 Å². The molecule has 0 saturated carbocycles. The van der Waals surface area contributed by atoms with Crippen LogP contribution in [0.25, 0.3) is 10.4 Å². The number of nitrogens with zero attached hydrogens (tertiary/aromatic N) is 4. The zero-order chi connectivity index (χ0) is 22.0. The highest BCUT2D eigenvalue weighted by Gasteiger charge is 2.50. The van der Waals surface area contributed by atoms with Crippen LogP contribution < -0.4 is 0 Å². The maximum absolute atomic E-state index is 13.0. The number of carbonyl (C=O) groups is 1. The van der Waals surface area contributed by atoms with Crippen molar-refractivity contribution in [2.24, 2.45) is 5.11 Å². The SMILES string of the molecule is CC(C)(C)OC(=O)N1[C@@H]([C@H](CCN=[N+]=[N-])O[Si](C)(C)C(C)(C)C)COC1(C)C. The minimum Gasteiger partial charge on any atom is -0.444 e. The van der Waals surface area contributed by atoms with Gasteiger partial charge in [0.05, 0.1) is 18.8 Å². The predicted octanol–water partition coefficient (Wildman–Crippen LogP) is 5.45. The topological polar surface area (TPSA) is 96.8 Å². The quantitative estimate of drug-likeness (QED) is 0.250. The molecule has 1 heterocycles. The van der Waals surface area contributed by atoms with E-state index in [0.717, 1.165) is 0 Å². The van der Waals surface area contributed by atoms with Crippen molar-refractivity contribution in [1.29, 1.82) is 0 Å². The lowest BCUT2D eigenvalue weighted by molar-refractivity contribution is -0.0673. The van der Waals surface area contributed by atoms with E-state index in [1.54, 1.807) is 4.90 Å². The van der Waals surface area contributed by atoms with Gasteiger partial charge >= 0.3 is 6.09 Å². The number of azide groups is 1. The molecule has 1 amide bonds. The van der Waals surface area contributed by atoms with Gasteiger partial charge in [-0.2, -0.15) is 0 Å². The molecule has 1 aliphatic heterocycles. The normalized spacial score (nSPS) is 21.2. The molecule has 1 aliphatic rings. The summed E-state index contributed by atoms with van der Waals surface area (Å²) >= 11 is 0. The molecule has 2 atom stereocenters. The molecule has 8 nitrogen and oxygen atoms in total. The van der Waals surface area contributed by atoms with Crippen molar-refractivity contribution >= 4 is 14.4 Å². The summed E-state index contributed by atoms with van der Waals surface area (Å²) in [5, 5.41) is 3.69. The second kappa shape index (κ2) is 8.61. The van der Waals surface area contributed by atoms with Crippen LogP contribution in [0.4, 0.5) is 4.79 Å². The molecular weight excluding hydrogens is 376 g/mol. The Morgan fingerprint density at radius 3 is 2.36 bits per heavy atom. The molecule has 28 heavy (non-hydrogen) atoms. The first-order chi connectivity index (χ1) is 12.5. The fourth-order valence-corrected chi connectivity index (χ4v) is 4.27. The van der Waals surface area contributed by atoms with E-state index in [9.17, 15) is 4.79 Å². The molecule has 162 valence electrons. The van der Waals surface area contributed by atoms with Crippen molar-refractivity contribution in [3.8, 4) is 0 Å². The van der Waals surface area contributed by atoms with Gasteiger partial charge in [0.1, 0.15) is 11.3 Å². The molecule has 0 aromatic carbocycles. The van der Waals surface area contributed by atoms with Gasteiger partial charge in [0.2, 0.25) is 0 Å². The van der Waals surface area contributed by atoms with Gasteiger partial charge in [-0.15, -0.1) is 0 Å². The minimum atomic E-state index is -2.12. The second-order valence-electron chi connectivity index (χ2n) is 10.3. The van der Waals surface area contributed by atoms with Crippen molar-refractivity contribution in [2.75, 3.05) is 13.2 Å². The van der Waals surface area contributed by atoms with E-state index in [4.69, 9.17) is 19.4 Å². The Morgan fingerprint density at radius 1 is 1.32 bits per heavy atom. The van der Waals surface area contributed by atoms with E-state index in [1.807, 2.05) is 34.6 Å². The molecule has 1 saturated heterocycles. The summed E-state index contributed by atoms with van der Waals surface area (Å²) in [4.78, 5) is 17.5. The van der Waals surface area contributed by atoms with E-state index in [0.29, 0.717) is 19.6 Å². The largest absolute Gasteiger partial charge is 0.444 e. The average Bonchev–Trinajstić information content (AvgIpc) is 2.78. The van der Waals surface area contributed by atoms with Gasteiger partial charge in [0.25, 0.3) is 0 Å². The maximum atomic E-state index is 13.0. The van der Waals surface area contributed by atoms with Crippen LogP contribution in [0.1, 0.15) is 61.8 Å². The molecular formula is C19H38N4O4Si. The van der Waals surface area contributed by atoms with Crippen molar-refractivity contribution in [2.45, 2.75) is 103 Å². The molecule has 0 aliphatic carbocycles. The highest BCUT2D eigenvalue weighted by atomic mass is 28.4. The number of amides is 1. The summed E-state index contributed by atoms with van der Waals surface area (Å²) < 4.78 is 18.3. The smallest absolute Gasteiger partial charge is 0.412 e. The Kier molecular flexibility index (Phi) is 7.61. The first kappa shape index (κ1) is 24.8. The predicted molar refractivity (Wildman–Crippen MR) is 113 cm³/mol. The highest BCUT2D eigenvalue weighted by molar-refractivity contribution is 6.74. The highest BCUT2D eigenvalue weighted by Crippen LogP contribution is 2.40. The summed E-state index contributed by atoms with van der Waals surface area (Å²) in [5.41, 5.74) is 7.26. The summed E-state index contributed by atoms with van der Waals surface area (Å²) in [6.45, 7) is 20.7. The minimum absolute atomic E-state index is 0.00940. The summed E-state index contributed by atoms with van der Waals surface area (Å²) in [6.07, 6.45) is -0.215. The number of hydrogen-bond donors (Lipinski definition) is 0. The molecule has 1 fully saturated rings. The molecule has 0 N–H and O–H groups in total. The molecule has 0 aromatic rings. The number of carbonyl (C=O) groups excluding carboxylic acids is 1. The Morgan fingerprint density at radius 2 is 1.89 bits per heavy atom. The summed E-state index contributed by atoms with van der Waals surface area (Å²) in [5.74, 6) is 0. The van der Waals surface area contributed by atoms with Crippen LogP contribution in [-0.2, 0) is 13.9 Å². The van der Waals surface area contributed by atoms with Crippen molar-refractivity contribution in [3.63, 3.8) is 0 Å². The Labute approximate surface area is 170 Å². The average molecular weight is 415 g/mol. The van der Waals surface area contributed by atoms with Crippen molar-refractivity contribution < 1.29 is 18.7 Å². The molecule has 0 bridgehead atoms. The molecule has 0 aromatic heterocycles. The maximum Gasteiger partial charge on any atom is 0.412 e. The fraction of sp³-hybridized carbons (Fsp3) is 0.947. The number of rotatable bonds is 6. The van der Waals surface area contributed by atoms with Gasteiger partial charge < -0.3 is 13.9 Å². The first-order valence-electron chi connectivity index (χ1n) is 9.87. The van der Waals surface area contributed by atoms with Gasteiger partial charge in [-0.05, 0) is 64.7 Å². The molecule has 0 radical (unpaired) electrons. The van der Waals surface area contributed by atoms with E-state index < -0.39 is 25.7 Å². The Balaban J connectivity index is 3.21. The third-order valence-electron chi connectivity index (χ3n) is 5.37.